The molecule has 1 fully saturated rings. The zero-order chi connectivity index (χ0) is 23.3. The van der Waals surface area contributed by atoms with Crippen molar-refractivity contribution in [2.75, 3.05) is 17.7 Å². The Kier molecular flexibility index (Phi) is 6.68. The van der Waals surface area contributed by atoms with Gasteiger partial charge in [0, 0.05) is 18.2 Å². The maximum Gasteiger partial charge on any atom is 0.236 e. The molecule has 1 aliphatic heterocycles. The molecule has 0 radical (unpaired) electrons. The fraction of sp³-hybridized carbons (Fsp3) is 0.292. The Morgan fingerprint density at radius 3 is 2.76 bits per heavy atom. The number of hydrogen-bond acceptors (Lipinski definition) is 7. The van der Waals surface area contributed by atoms with E-state index in [1.807, 2.05) is 67.6 Å². The van der Waals surface area contributed by atoms with Gasteiger partial charge in [0.15, 0.2) is 0 Å². The third-order valence-electron chi connectivity index (χ3n) is 5.56. The van der Waals surface area contributed by atoms with Gasteiger partial charge in [0.25, 0.3) is 0 Å². The summed E-state index contributed by atoms with van der Waals surface area (Å²) in [4.78, 5) is 12.9. The third-order valence-corrected chi connectivity index (χ3v) is 6.51. The van der Waals surface area contributed by atoms with Gasteiger partial charge in [0.1, 0.15) is 5.82 Å². The van der Waals surface area contributed by atoms with Crippen LogP contribution < -0.4 is 5.32 Å². The second-order valence-corrected chi connectivity index (χ2v) is 9.09. The van der Waals surface area contributed by atoms with Gasteiger partial charge in [-0.15, -0.1) is 5.10 Å². The van der Waals surface area contributed by atoms with E-state index < -0.39 is 0 Å². The van der Waals surface area contributed by atoms with Crippen LogP contribution in [-0.2, 0) is 16.1 Å². The number of carbonyl (C=O) groups is 1. The van der Waals surface area contributed by atoms with E-state index in [1.54, 1.807) is 9.36 Å². The lowest BCUT2D eigenvalue weighted by atomic mass is 10.1. The van der Waals surface area contributed by atoms with Gasteiger partial charge in [-0.25, -0.2) is 9.36 Å². The van der Waals surface area contributed by atoms with E-state index in [1.165, 1.54) is 17.3 Å². The third kappa shape index (κ3) is 5.18. The van der Waals surface area contributed by atoms with Crippen molar-refractivity contribution < 1.29 is 9.53 Å². The Balaban J connectivity index is 1.31. The number of carbonyl (C=O) groups excluding carboxylic acids is 1. The van der Waals surface area contributed by atoms with Crippen LogP contribution in [0.1, 0.15) is 18.4 Å². The molecule has 2 aromatic carbocycles. The van der Waals surface area contributed by atoms with Crippen molar-refractivity contribution in [2.24, 2.45) is 0 Å². The molecular formula is C24H25N7O2S. The first-order valence-corrected chi connectivity index (χ1v) is 12.2. The molecule has 1 unspecified atom stereocenters. The van der Waals surface area contributed by atoms with Crippen LogP contribution in [0.25, 0.3) is 16.9 Å². The molecule has 1 aliphatic rings. The van der Waals surface area contributed by atoms with Crippen LogP contribution in [0.2, 0.25) is 0 Å². The number of tetrazole rings is 1. The highest BCUT2D eigenvalue weighted by Gasteiger charge is 2.20. The van der Waals surface area contributed by atoms with Gasteiger partial charge < -0.3 is 10.1 Å². The van der Waals surface area contributed by atoms with Crippen molar-refractivity contribution in [2.45, 2.75) is 37.6 Å². The average molecular weight is 476 g/mol. The number of hydrogen-bond donors (Lipinski definition) is 1. The number of rotatable bonds is 8. The molecule has 0 spiro atoms. The Bertz CT molecular complexity index is 1250. The van der Waals surface area contributed by atoms with E-state index in [-0.39, 0.29) is 17.8 Å². The zero-order valence-corrected chi connectivity index (χ0v) is 19.6. The predicted molar refractivity (Wildman–Crippen MR) is 130 cm³/mol. The molecule has 0 saturated carbocycles. The van der Waals surface area contributed by atoms with Gasteiger partial charge in [-0.1, -0.05) is 59.8 Å². The highest BCUT2D eigenvalue weighted by Crippen LogP contribution is 2.26. The summed E-state index contributed by atoms with van der Waals surface area (Å²) < 4.78 is 9.13. The second-order valence-electron chi connectivity index (χ2n) is 8.14. The normalized spacial score (nSPS) is 15.5. The second kappa shape index (κ2) is 10.2. The monoisotopic (exact) mass is 475 g/mol. The molecule has 0 aliphatic carbocycles. The number of nitrogens with zero attached hydrogens (tertiary/aromatic N) is 6. The van der Waals surface area contributed by atoms with Crippen LogP contribution in [-0.4, -0.2) is 54.4 Å². The summed E-state index contributed by atoms with van der Waals surface area (Å²) >= 11 is 1.30. The van der Waals surface area contributed by atoms with Crippen LogP contribution in [0.4, 0.5) is 5.82 Å². The van der Waals surface area contributed by atoms with E-state index in [9.17, 15) is 4.79 Å². The quantitative estimate of drug-likeness (QED) is 0.388. The minimum atomic E-state index is -0.163. The molecule has 1 amide bonds. The number of ether oxygens (including phenoxy) is 1. The standard InChI is InChI=1S/C24H25N7O2S/c1-17-9-11-18(12-10-17)21-14-22(31(27-21)19-6-3-2-4-7-19)25-23(32)16-34-24-26-28-29-30(24)15-20-8-5-13-33-20/h2-4,6-7,9-12,14,20H,5,8,13,15-16H2,1H3,(H,25,32). The first kappa shape index (κ1) is 22.3. The van der Waals surface area contributed by atoms with Crippen molar-refractivity contribution >= 4 is 23.5 Å². The highest BCUT2D eigenvalue weighted by atomic mass is 32.2. The Labute approximate surface area is 201 Å². The van der Waals surface area contributed by atoms with Crippen molar-refractivity contribution in [3.05, 3.63) is 66.2 Å². The topological polar surface area (TPSA) is 99.8 Å². The van der Waals surface area contributed by atoms with Crippen molar-refractivity contribution in [1.29, 1.82) is 0 Å². The molecule has 1 saturated heterocycles. The van der Waals surface area contributed by atoms with Gasteiger partial charge in [0.05, 0.1) is 29.8 Å². The number of thioether (sulfide) groups is 1. The number of nitrogens with one attached hydrogen (secondary N) is 1. The summed E-state index contributed by atoms with van der Waals surface area (Å²) in [6, 6.07) is 19.8. The average Bonchev–Trinajstić information content (AvgIpc) is 3.61. The number of benzene rings is 2. The van der Waals surface area contributed by atoms with Crippen LogP contribution in [0.15, 0.2) is 65.8 Å². The van der Waals surface area contributed by atoms with Gasteiger partial charge in [0.2, 0.25) is 11.1 Å². The lowest BCUT2D eigenvalue weighted by molar-refractivity contribution is -0.113. The SMILES string of the molecule is Cc1ccc(-c2cc(NC(=O)CSc3nnnn3CC3CCCO3)n(-c3ccccc3)n2)cc1. The van der Waals surface area contributed by atoms with Gasteiger partial charge in [-0.3, -0.25) is 4.79 Å². The Hall–Kier alpha value is -3.50. The van der Waals surface area contributed by atoms with Crippen LogP contribution in [0.5, 0.6) is 0 Å². The van der Waals surface area contributed by atoms with Crippen molar-refractivity contribution in [1.82, 2.24) is 30.0 Å². The fourth-order valence-corrected chi connectivity index (χ4v) is 4.49. The molecule has 34 heavy (non-hydrogen) atoms. The number of aromatic nitrogens is 6. The van der Waals surface area contributed by atoms with E-state index in [0.29, 0.717) is 17.5 Å². The molecule has 0 bridgehead atoms. The lowest BCUT2D eigenvalue weighted by Gasteiger charge is -2.10. The highest BCUT2D eigenvalue weighted by molar-refractivity contribution is 7.99. The zero-order valence-electron chi connectivity index (χ0n) is 18.8. The summed E-state index contributed by atoms with van der Waals surface area (Å²) in [7, 11) is 0. The molecule has 1 N–H and O–H groups in total. The Morgan fingerprint density at radius 2 is 2.00 bits per heavy atom. The largest absolute Gasteiger partial charge is 0.376 e. The van der Waals surface area contributed by atoms with Crippen molar-refractivity contribution in [3.8, 4) is 16.9 Å². The van der Waals surface area contributed by atoms with Crippen LogP contribution in [0.3, 0.4) is 0 Å². The first-order chi connectivity index (χ1) is 16.7. The smallest absolute Gasteiger partial charge is 0.236 e. The van der Waals surface area contributed by atoms with Gasteiger partial charge in [-0.2, -0.15) is 5.10 Å². The minimum Gasteiger partial charge on any atom is -0.376 e. The molecule has 5 rings (SSSR count). The molecule has 4 aromatic rings. The number of para-hydroxylation sites is 1. The molecule has 3 heterocycles. The summed E-state index contributed by atoms with van der Waals surface area (Å²) in [6.45, 7) is 3.42. The molecule has 10 heteroatoms. The summed E-state index contributed by atoms with van der Waals surface area (Å²) in [5, 5.41) is 20.2. The van der Waals surface area contributed by atoms with E-state index in [0.717, 1.165) is 36.4 Å². The van der Waals surface area contributed by atoms with Gasteiger partial charge >= 0.3 is 0 Å². The van der Waals surface area contributed by atoms with Gasteiger partial charge in [-0.05, 0) is 42.3 Å². The maximum absolute atomic E-state index is 12.9. The molecular weight excluding hydrogens is 450 g/mol. The minimum absolute atomic E-state index is 0.122. The first-order valence-electron chi connectivity index (χ1n) is 11.2. The van der Waals surface area contributed by atoms with E-state index in [2.05, 4.69) is 20.8 Å². The molecule has 2 aromatic heterocycles. The lowest BCUT2D eigenvalue weighted by Crippen LogP contribution is -2.19. The van der Waals surface area contributed by atoms with Crippen LogP contribution in [0, 0.1) is 6.92 Å². The molecule has 9 nitrogen and oxygen atoms in total. The summed E-state index contributed by atoms with van der Waals surface area (Å²) in [5.74, 6) is 0.613. The molecule has 1 atom stereocenters. The van der Waals surface area contributed by atoms with E-state index >= 15 is 0 Å². The number of aryl methyl sites for hydroxylation is 1. The fourth-order valence-electron chi connectivity index (χ4n) is 3.81. The Morgan fingerprint density at radius 1 is 1.18 bits per heavy atom. The van der Waals surface area contributed by atoms with E-state index in [4.69, 9.17) is 9.84 Å². The number of amides is 1. The predicted octanol–water partition coefficient (Wildman–Crippen LogP) is 3.74. The summed E-state index contributed by atoms with van der Waals surface area (Å²) in [6.07, 6.45) is 2.17. The van der Waals surface area contributed by atoms with Crippen molar-refractivity contribution in [3.63, 3.8) is 0 Å². The summed E-state index contributed by atoms with van der Waals surface area (Å²) in [5.41, 5.74) is 3.81. The number of anilines is 1. The van der Waals surface area contributed by atoms with Crippen LogP contribution >= 0.6 is 11.8 Å². The maximum atomic E-state index is 12.9. The molecule has 174 valence electrons.